The highest BCUT2D eigenvalue weighted by Gasteiger charge is 2.32. The molecule has 2 heterocycles. The summed E-state index contributed by atoms with van der Waals surface area (Å²) in [5.74, 6) is 1.19. The van der Waals surface area contributed by atoms with Gasteiger partial charge in [-0.3, -0.25) is 9.69 Å². The number of likely N-dealkylation sites (tertiary alicyclic amines) is 2. The van der Waals surface area contributed by atoms with Gasteiger partial charge >= 0.3 is 5.97 Å². The van der Waals surface area contributed by atoms with Gasteiger partial charge in [-0.2, -0.15) is 5.26 Å². The molecule has 6 nitrogen and oxygen atoms in total. The van der Waals surface area contributed by atoms with E-state index in [0.717, 1.165) is 75.3 Å². The van der Waals surface area contributed by atoms with E-state index in [4.69, 9.17) is 32.7 Å². The van der Waals surface area contributed by atoms with Crippen LogP contribution in [0.15, 0.2) is 36.4 Å². The SMILES string of the molecule is COC(=O)C(Cc1ccccc1C#N)N1CCC(CN2CCC(Oc3ccc(Cl)c(Cl)c3C)CC2)CC1. The van der Waals surface area contributed by atoms with Crippen LogP contribution in [-0.4, -0.2) is 67.7 Å². The average Bonchev–Trinajstić information content (AvgIpc) is 2.93. The summed E-state index contributed by atoms with van der Waals surface area (Å²) >= 11 is 12.4. The van der Waals surface area contributed by atoms with Crippen LogP contribution in [0.5, 0.6) is 5.75 Å². The third-order valence-electron chi connectivity index (χ3n) is 7.75. The van der Waals surface area contributed by atoms with Crippen LogP contribution in [0.1, 0.15) is 42.4 Å². The van der Waals surface area contributed by atoms with Crippen LogP contribution in [0, 0.1) is 24.2 Å². The number of hydrogen-bond donors (Lipinski definition) is 0. The monoisotopic (exact) mass is 543 g/mol. The first-order chi connectivity index (χ1) is 17.9. The maximum Gasteiger partial charge on any atom is 0.323 e. The smallest absolute Gasteiger partial charge is 0.323 e. The van der Waals surface area contributed by atoms with Crippen molar-refractivity contribution in [1.82, 2.24) is 9.80 Å². The van der Waals surface area contributed by atoms with Crippen molar-refractivity contribution in [2.75, 3.05) is 39.8 Å². The molecule has 0 aliphatic carbocycles. The maximum absolute atomic E-state index is 12.7. The zero-order valence-electron chi connectivity index (χ0n) is 21.6. The first-order valence-corrected chi connectivity index (χ1v) is 13.8. The minimum atomic E-state index is -0.363. The lowest BCUT2D eigenvalue weighted by Gasteiger charge is -2.39. The summed E-state index contributed by atoms with van der Waals surface area (Å²) in [6.07, 6.45) is 4.75. The number of methoxy groups -OCH3 is 1. The second kappa shape index (κ2) is 13.0. The highest BCUT2D eigenvalue weighted by Crippen LogP contribution is 2.33. The lowest BCUT2D eigenvalue weighted by atomic mass is 9.92. The van der Waals surface area contributed by atoms with E-state index in [2.05, 4.69) is 15.9 Å². The van der Waals surface area contributed by atoms with Crippen LogP contribution in [0.3, 0.4) is 0 Å². The van der Waals surface area contributed by atoms with Crippen molar-refractivity contribution < 1.29 is 14.3 Å². The van der Waals surface area contributed by atoms with Gasteiger partial charge in [0.2, 0.25) is 0 Å². The number of rotatable bonds is 8. The van der Waals surface area contributed by atoms with Gasteiger partial charge in [-0.1, -0.05) is 41.4 Å². The molecule has 0 bridgehead atoms. The van der Waals surface area contributed by atoms with Crippen molar-refractivity contribution in [1.29, 1.82) is 5.26 Å². The number of piperidine rings is 2. The van der Waals surface area contributed by atoms with E-state index in [0.29, 0.717) is 27.9 Å². The molecular formula is C29H35Cl2N3O3. The lowest BCUT2D eigenvalue weighted by molar-refractivity contribution is -0.147. The molecule has 2 aromatic carbocycles. The second-order valence-electron chi connectivity index (χ2n) is 10.1. The van der Waals surface area contributed by atoms with Crippen LogP contribution in [0.2, 0.25) is 10.0 Å². The topological polar surface area (TPSA) is 65.8 Å². The number of nitrogens with zero attached hydrogens (tertiary/aromatic N) is 3. The van der Waals surface area contributed by atoms with Crippen molar-refractivity contribution in [3.8, 4) is 11.8 Å². The van der Waals surface area contributed by atoms with Crippen molar-refractivity contribution in [2.24, 2.45) is 5.92 Å². The fraction of sp³-hybridized carbons (Fsp3) is 0.517. The number of carbonyl (C=O) groups is 1. The molecule has 1 unspecified atom stereocenters. The van der Waals surface area contributed by atoms with E-state index in [1.807, 2.05) is 31.2 Å². The van der Waals surface area contributed by atoms with Crippen LogP contribution >= 0.6 is 23.2 Å². The summed E-state index contributed by atoms with van der Waals surface area (Å²) in [6.45, 7) is 6.76. The Morgan fingerprint density at radius 2 is 1.78 bits per heavy atom. The van der Waals surface area contributed by atoms with E-state index in [9.17, 15) is 10.1 Å². The number of halogens is 2. The average molecular weight is 545 g/mol. The Morgan fingerprint density at radius 3 is 2.46 bits per heavy atom. The summed E-state index contributed by atoms with van der Waals surface area (Å²) in [7, 11) is 1.44. The number of benzene rings is 2. The molecule has 0 N–H and O–H groups in total. The molecule has 2 aliphatic rings. The Kier molecular flexibility index (Phi) is 9.72. The highest BCUT2D eigenvalue weighted by molar-refractivity contribution is 6.42. The fourth-order valence-electron chi connectivity index (χ4n) is 5.48. The van der Waals surface area contributed by atoms with E-state index in [1.165, 1.54) is 7.11 Å². The van der Waals surface area contributed by atoms with Crippen molar-refractivity contribution in [2.45, 2.75) is 51.2 Å². The van der Waals surface area contributed by atoms with Crippen molar-refractivity contribution >= 4 is 29.2 Å². The maximum atomic E-state index is 12.7. The summed E-state index contributed by atoms with van der Waals surface area (Å²) in [6, 6.07) is 13.1. The van der Waals surface area contributed by atoms with Gasteiger partial charge in [-0.05, 0) is 81.8 Å². The van der Waals surface area contributed by atoms with E-state index < -0.39 is 0 Å². The Bertz CT molecular complexity index is 1120. The molecular weight excluding hydrogens is 509 g/mol. The van der Waals surface area contributed by atoms with Gasteiger partial charge < -0.3 is 14.4 Å². The minimum Gasteiger partial charge on any atom is -0.490 e. The molecule has 198 valence electrons. The number of nitriles is 1. The highest BCUT2D eigenvalue weighted by atomic mass is 35.5. The zero-order valence-corrected chi connectivity index (χ0v) is 23.1. The lowest BCUT2D eigenvalue weighted by Crippen LogP contribution is -2.49. The van der Waals surface area contributed by atoms with Gasteiger partial charge in [0.05, 0.1) is 28.8 Å². The first kappa shape index (κ1) is 27.7. The molecule has 0 amide bonds. The summed E-state index contributed by atoms with van der Waals surface area (Å²) in [5, 5.41) is 10.6. The fourth-order valence-corrected chi connectivity index (χ4v) is 5.84. The summed E-state index contributed by atoms with van der Waals surface area (Å²) in [5.41, 5.74) is 2.40. The normalized spacial score (nSPS) is 18.8. The predicted molar refractivity (Wildman–Crippen MR) is 146 cm³/mol. The largest absolute Gasteiger partial charge is 0.490 e. The Morgan fingerprint density at radius 1 is 1.08 bits per heavy atom. The molecule has 0 saturated carbocycles. The summed E-state index contributed by atoms with van der Waals surface area (Å²) in [4.78, 5) is 17.4. The molecule has 0 radical (unpaired) electrons. The molecule has 0 spiro atoms. The second-order valence-corrected chi connectivity index (χ2v) is 10.9. The Hall–Kier alpha value is -2.30. The third kappa shape index (κ3) is 6.97. The van der Waals surface area contributed by atoms with Gasteiger partial charge in [0, 0.05) is 25.2 Å². The molecule has 8 heteroatoms. The molecule has 0 aromatic heterocycles. The number of ether oxygens (including phenoxy) is 2. The van der Waals surface area contributed by atoms with E-state index in [-0.39, 0.29) is 18.1 Å². The Labute approximate surface area is 230 Å². The van der Waals surface area contributed by atoms with Crippen LogP contribution in [-0.2, 0) is 16.0 Å². The number of hydrogen-bond acceptors (Lipinski definition) is 6. The molecule has 2 aliphatic heterocycles. The number of carbonyl (C=O) groups excluding carboxylic acids is 1. The van der Waals surface area contributed by atoms with Crippen LogP contribution in [0.25, 0.3) is 0 Å². The van der Waals surface area contributed by atoms with Gasteiger partial charge in [0.1, 0.15) is 17.9 Å². The molecule has 37 heavy (non-hydrogen) atoms. The number of esters is 1. The predicted octanol–water partition coefficient (Wildman–Crippen LogP) is 5.51. The zero-order chi connectivity index (χ0) is 26.4. The van der Waals surface area contributed by atoms with Gasteiger partial charge in [0.25, 0.3) is 0 Å². The molecule has 2 fully saturated rings. The van der Waals surface area contributed by atoms with Crippen LogP contribution < -0.4 is 4.74 Å². The van der Waals surface area contributed by atoms with Gasteiger partial charge in [-0.25, -0.2) is 0 Å². The van der Waals surface area contributed by atoms with Crippen molar-refractivity contribution in [3.63, 3.8) is 0 Å². The molecule has 2 aromatic rings. The Balaban J connectivity index is 1.25. The van der Waals surface area contributed by atoms with E-state index in [1.54, 1.807) is 12.1 Å². The summed E-state index contributed by atoms with van der Waals surface area (Å²) < 4.78 is 11.4. The molecule has 4 rings (SSSR count). The minimum absolute atomic E-state index is 0.186. The standard InChI is InChI=1S/C29H35Cl2N3O3/c1-20-27(8-7-25(30)28(20)31)37-24-11-13-33(14-12-24)19-21-9-15-34(16-10-21)26(29(35)36-2)17-22-5-3-4-6-23(22)18-32/h3-8,21,24,26H,9-17,19H2,1-2H3. The van der Waals surface area contributed by atoms with E-state index >= 15 is 0 Å². The van der Waals surface area contributed by atoms with Crippen LogP contribution in [0.4, 0.5) is 0 Å². The quantitative estimate of drug-likeness (QED) is 0.409. The molecule has 2 saturated heterocycles. The first-order valence-electron chi connectivity index (χ1n) is 13.0. The van der Waals surface area contributed by atoms with Gasteiger partial charge in [0.15, 0.2) is 0 Å². The van der Waals surface area contributed by atoms with Crippen molar-refractivity contribution in [3.05, 3.63) is 63.1 Å². The van der Waals surface area contributed by atoms with Gasteiger partial charge in [-0.15, -0.1) is 0 Å². The molecule has 1 atom stereocenters. The third-order valence-corrected chi connectivity index (χ3v) is 8.65.